The molecule has 0 heterocycles. The van der Waals surface area contributed by atoms with E-state index < -0.39 is 0 Å². The van der Waals surface area contributed by atoms with E-state index in [0.717, 1.165) is 11.8 Å². The predicted molar refractivity (Wildman–Crippen MR) is 229 cm³/mol. The van der Waals surface area contributed by atoms with Gasteiger partial charge in [0.05, 0.1) is 0 Å². The number of unbranched alkanes of at least 4 members (excludes halogenated alkanes) is 2. The summed E-state index contributed by atoms with van der Waals surface area (Å²) in [6.45, 7) is 46.3. The van der Waals surface area contributed by atoms with Crippen molar-refractivity contribution in [3.8, 4) is 0 Å². The van der Waals surface area contributed by atoms with Crippen LogP contribution in [0.25, 0.3) is 0 Å². The second-order valence-corrected chi connectivity index (χ2v) is 19.2. The van der Waals surface area contributed by atoms with Gasteiger partial charge in [0.2, 0.25) is 0 Å². The molecule has 0 N–H and O–H groups in total. The first-order chi connectivity index (χ1) is 20.5. The Hall–Kier alpha value is 0. The molecule has 0 amide bonds. The number of hydrogen-bond donors (Lipinski definition) is 0. The van der Waals surface area contributed by atoms with Gasteiger partial charge in [-0.05, 0) is 71.0 Å². The molecule has 0 nitrogen and oxygen atoms in total. The Morgan fingerprint density at radius 1 is 0.511 bits per heavy atom. The third-order valence-corrected chi connectivity index (χ3v) is 10.4. The molecule has 0 aromatic carbocycles. The van der Waals surface area contributed by atoms with Gasteiger partial charge in [-0.25, -0.2) is 0 Å². The van der Waals surface area contributed by atoms with Crippen LogP contribution in [0.15, 0.2) is 0 Å². The molecule has 0 aromatic heterocycles. The summed E-state index contributed by atoms with van der Waals surface area (Å²) in [6, 6.07) is 0. The molecular formula is C47H106. The zero-order chi connectivity index (χ0) is 36.4. The highest BCUT2D eigenvalue weighted by molar-refractivity contribution is 4.87. The maximum Gasteiger partial charge on any atom is -0.0254 e. The first-order valence-electron chi connectivity index (χ1n) is 20.5. The predicted octanol–water partition coefficient (Wildman–Crippen LogP) is 18.8. The van der Waals surface area contributed by atoms with E-state index in [0.29, 0.717) is 27.1 Å². The Bertz CT molecular complexity index is 569. The van der Waals surface area contributed by atoms with E-state index in [1.807, 2.05) is 0 Å². The number of hydrogen-bond acceptors (Lipinski definition) is 0. The van der Waals surface area contributed by atoms with Crippen LogP contribution in [-0.4, -0.2) is 0 Å². The highest BCUT2D eigenvalue weighted by Crippen LogP contribution is 2.47. The van der Waals surface area contributed by atoms with E-state index >= 15 is 0 Å². The van der Waals surface area contributed by atoms with Crippen LogP contribution in [0.3, 0.4) is 0 Å². The van der Waals surface area contributed by atoms with Gasteiger partial charge in [-0.1, -0.05) is 237 Å². The SMILES string of the molecule is C.C.CC(C)(C)CC1CCCCC1.CCCC.CCCC(CC)(CC)C(C)(C)C.CCCC(CC)C(C)(C)C.CCCCC(C)(C)C. The van der Waals surface area contributed by atoms with Gasteiger partial charge in [0.25, 0.3) is 0 Å². The van der Waals surface area contributed by atoms with Gasteiger partial charge in [0.1, 0.15) is 0 Å². The molecule has 0 spiro atoms. The van der Waals surface area contributed by atoms with E-state index in [1.165, 1.54) is 116 Å². The molecule has 0 radical (unpaired) electrons. The van der Waals surface area contributed by atoms with Gasteiger partial charge >= 0.3 is 0 Å². The Morgan fingerprint density at radius 3 is 1.13 bits per heavy atom. The summed E-state index contributed by atoms with van der Waals surface area (Å²) < 4.78 is 0. The normalized spacial score (nSPS) is 14.6. The number of rotatable bonds is 11. The Kier molecular flexibility index (Phi) is 40.2. The van der Waals surface area contributed by atoms with Gasteiger partial charge in [0, 0.05) is 0 Å². The fraction of sp³-hybridized carbons (Fsp3) is 1.00. The Labute approximate surface area is 307 Å². The van der Waals surface area contributed by atoms with Crippen molar-refractivity contribution < 1.29 is 0 Å². The van der Waals surface area contributed by atoms with Crippen LogP contribution in [0, 0.1) is 38.9 Å². The van der Waals surface area contributed by atoms with E-state index in [4.69, 9.17) is 0 Å². The quantitative estimate of drug-likeness (QED) is 0.205. The first kappa shape index (κ1) is 59.2. The van der Waals surface area contributed by atoms with Crippen LogP contribution in [0.2, 0.25) is 0 Å². The van der Waals surface area contributed by atoms with Crippen LogP contribution in [0.1, 0.15) is 269 Å². The summed E-state index contributed by atoms with van der Waals surface area (Å²) in [5.74, 6) is 1.96. The summed E-state index contributed by atoms with van der Waals surface area (Å²) in [4.78, 5) is 0. The lowest BCUT2D eigenvalue weighted by molar-refractivity contribution is 0.0626. The summed E-state index contributed by atoms with van der Waals surface area (Å²) in [5, 5.41) is 0. The lowest BCUT2D eigenvalue weighted by atomic mass is 9.61. The standard InChI is InChI=1S/C12H26.C11H22.C10H22.C8H18.C4H10.2CH4/c1-7-10-12(8-2,9-3)11(4,5)6;1-11(2,3)9-10-7-5-4-6-8-10;1-6-8-9(7-2)10(3,4)5;1-5-6-7-8(2,3)4;1-3-4-2;;/h7-10H2,1-6H3;10H,4-9H2,1-3H3;9H,6-8H2,1-5H3;5-7H2,1-4H3;3-4H2,1-2H3;2*1H4. The monoisotopic (exact) mass is 671 g/mol. The van der Waals surface area contributed by atoms with Crippen LogP contribution in [0.4, 0.5) is 0 Å². The molecule has 0 bridgehead atoms. The molecule has 1 rings (SSSR count). The molecule has 0 saturated heterocycles. The third kappa shape index (κ3) is 37.1. The molecule has 294 valence electrons. The van der Waals surface area contributed by atoms with Crippen molar-refractivity contribution in [1.82, 2.24) is 0 Å². The maximum absolute atomic E-state index is 2.38. The van der Waals surface area contributed by atoms with Gasteiger partial charge in [-0.15, -0.1) is 0 Å². The van der Waals surface area contributed by atoms with Gasteiger partial charge < -0.3 is 0 Å². The minimum absolute atomic E-state index is 0. The first-order valence-corrected chi connectivity index (χ1v) is 20.5. The van der Waals surface area contributed by atoms with Crippen LogP contribution in [0.5, 0.6) is 0 Å². The molecular weight excluding hydrogens is 565 g/mol. The maximum atomic E-state index is 2.38. The molecule has 1 aliphatic carbocycles. The molecule has 0 heteroatoms. The largest absolute Gasteiger partial charge is 0.0776 e. The van der Waals surface area contributed by atoms with Crippen molar-refractivity contribution in [3.05, 3.63) is 0 Å². The summed E-state index contributed by atoms with van der Waals surface area (Å²) in [5.41, 5.74) is 2.66. The van der Waals surface area contributed by atoms with E-state index in [1.54, 1.807) is 0 Å². The summed E-state index contributed by atoms with van der Waals surface area (Å²) in [6.07, 6.45) is 25.0. The molecule has 0 aromatic rings. The topological polar surface area (TPSA) is 0 Å². The second kappa shape index (κ2) is 31.9. The Morgan fingerprint density at radius 2 is 0.957 bits per heavy atom. The molecule has 1 fully saturated rings. The Balaban J connectivity index is -0.000000114. The highest BCUT2D eigenvalue weighted by atomic mass is 14.4. The molecule has 1 saturated carbocycles. The molecule has 1 aliphatic rings. The van der Waals surface area contributed by atoms with Gasteiger partial charge in [-0.3, -0.25) is 0 Å². The second-order valence-electron chi connectivity index (χ2n) is 19.2. The molecule has 0 aliphatic heterocycles. The highest BCUT2D eigenvalue weighted by Gasteiger charge is 2.37. The van der Waals surface area contributed by atoms with E-state index in [-0.39, 0.29) is 14.9 Å². The minimum atomic E-state index is 0. The van der Waals surface area contributed by atoms with E-state index in [2.05, 4.69) is 138 Å². The van der Waals surface area contributed by atoms with Crippen LogP contribution in [-0.2, 0) is 0 Å². The fourth-order valence-electron chi connectivity index (χ4n) is 7.08. The average molecular weight is 671 g/mol. The lowest BCUT2D eigenvalue weighted by Gasteiger charge is -2.44. The minimum Gasteiger partial charge on any atom is -0.0776 e. The smallest absolute Gasteiger partial charge is 0.0254 e. The molecule has 1 unspecified atom stereocenters. The van der Waals surface area contributed by atoms with Crippen molar-refractivity contribution in [2.45, 2.75) is 269 Å². The molecule has 47 heavy (non-hydrogen) atoms. The van der Waals surface area contributed by atoms with Crippen LogP contribution < -0.4 is 0 Å². The summed E-state index contributed by atoms with van der Waals surface area (Å²) in [7, 11) is 0. The summed E-state index contributed by atoms with van der Waals surface area (Å²) >= 11 is 0. The van der Waals surface area contributed by atoms with Crippen LogP contribution >= 0.6 is 0 Å². The molecule has 1 atom stereocenters. The van der Waals surface area contributed by atoms with Crippen molar-refractivity contribution in [1.29, 1.82) is 0 Å². The van der Waals surface area contributed by atoms with Gasteiger partial charge in [-0.2, -0.15) is 0 Å². The van der Waals surface area contributed by atoms with Gasteiger partial charge in [0.15, 0.2) is 0 Å². The van der Waals surface area contributed by atoms with Crippen molar-refractivity contribution in [2.24, 2.45) is 38.9 Å². The van der Waals surface area contributed by atoms with Crippen molar-refractivity contribution in [2.75, 3.05) is 0 Å². The zero-order valence-electron chi connectivity index (χ0n) is 36.4. The lowest BCUT2D eigenvalue weighted by Crippen LogP contribution is -2.34. The zero-order valence-corrected chi connectivity index (χ0v) is 36.4. The van der Waals surface area contributed by atoms with Crippen molar-refractivity contribution >= 4 is 0 Å². The average Bonchev–Trinajstić information content (AvgIpc) is 2.92. The van der Waals surface area contributed by atoms with E-state index in [9.17, 15) is 0 Å². The third-order valence-electron chi connectivity index (χ3n) is 10.4. The fourth-order valence-corrected chi connectivity index (χ4v) is 7.08. The van der Waals surface area contributed by atoms with Crippen molar-refractivity contribution in [3.63, 3.8) is 0 Å².